The highest BCUT2D eigenvalue weighted by Gasteiger charge is 2.13. The molecule has 8 heteroatoms. The largest absolute Gasteiger partial charge is 0.329 e. The van der Waals surface area contributed by atoms with Crippen LogP contribution in [0.1, 0.15) is 19.4 Å². The molecule has 0 fully saturated rings. The summed E-state index contributed by atoms with van der Waals surface area (Å²) in [6.07, 6.45) is 1.59. The summed E-state index contributed by atoms with van der Waals surface area (Å²) >= 11 is 1.22. The van der Waals surface area contributed by atoms with Gasteiger partial charge in [0, 0.05) is 25.0 Å². The van der Waals surface area contributed by atoms with Crippen molar-refractivity contribution in [3.63, 3.8) is 0 Å². The number of thioether (sulfide) groups is 1. The van der Waals surface area contributed by atoms with E-state index in [0.717, 1.165) is 11.0 Å². The van der Waals surface area contributed by atoms with Crippen molar-refractivity contribution in [3.05, 3.63) is 52.6 Å². The second-order valence-electron chi connectivity index (χ2n) is 5.78. The number of rotatable bonds is 6. The molecular weight excluding hydrogens is 362 g/mol. The van der Waals surface area contributed by atoms with E-state index in [4.69, 9.17) is 5.26 Å². The summed E-state index contributed by atoms with van der Waals surface area (Å²) in [5.74, 6) is -0.0606. The molecule has 3 rings (SSSR count). The summed E-state index contributed by atoms with van der Waals surface area (Å²) in [6, 6.07) is 10.9. The predicted molar refractivity (Wildman–Crippen MR) is 106 cm³/mol. The molecule has 27 heavy (non-hydrogen) atoms. The van der Waals surface area contributed by atoms with Crippen molar-refractivity contribution in [1.29, 1.82) is 5.26 Å². The SMILES string of the molecule is CCn1c(=O)n(CC)c2cc(NC(=O)CSc3ncccc3C#N)ccc21. The van der Waals surface area contributed by atoms with Crippen LogP contribution in [-0.2, 0) is 17.9 Å². The first-order valence-electron chi connectivity index (χ1n) is 8.59. The van der Waals surface area contributed by atoms with Crippen molar-refractivity contribution >= 4 is 34.4 Å². The number of imidazole rings is 1. The standard InChI is InChI=1S/C19H19N5O2S/c1-3-23-15-8-7-14(10-16(15)24(4-2)19(23)26)22-17(25)12-27-18-13(11-20)6-5-9-21-18/h5-10H,3-4,12H2,1-2H3,(H,22,25). The number of fused-ring (bicyclic) bond motifs is 1. The van der Waals surface area contributed by atoms with E-state index in [1.807, 2.05) is 26.0 Å². The van der Waals surface area contributed by atoms with Crippen LogP contribution in [0.2, 0.25) is 0 Å². The molecule has 7 nitrogen and oxygen atoms in total. The van der Waals surface area contributed by atoms with E-state index in [1.165, 1.54) is 11.8 Å². The van der Waals surface area contributed by atoms with Gasteiger partial charge in [0.2, 0.25) is 5.91 Å². The van der Waals surface area contributed by atoms with Gasteiger partial charge >= 0.3 is 5.69 Å². The molecule has 2 aromatic heterocycles. The monoisotopic (exact) mass is 381 g/mol. The zero-order valence-corrected chi connectivity index (χ0v) is 15.9. The van der Waals surface area contributed by atoms with Gasteiger partial charge in [-0.15, -0.1) is 0 Å². The number of benzene rings is 1. The number of aromatic nitrogens is 3. The van der Waals surface area contributed by atoms with Gasteiger partial charge in [0.15, 0.2) is 0 Å². The predicted octanol–water partition coefficient (Wildman–Crippen LogP) is 2.84. The lowest BCUT2D eigenvalue weighted by atomic mass is 10.2. The van der Waals surface area contributed by atoms with Crippen LogP contribution >= 0.6 is 11.8 Å². The van der Waals surface area contributed by atoms with Crippen molar-refractivity contribution in [2.75, 3.05) is 11.1 Å². The smallest absolute Gasteiger partial charge is 0.325 e. The molecule has 138 valence electrons. The Balaban J connectivity index is 1.77. The van der Waals surface area contributed by atoms with Crippen LogP contribution in [0.5, 0.6) is 0 Å². The highest BCUT2D eigenvalue weighted by Crippen LogP contribution is 2.21. The Kier molecular flexibility index (Phi) is 5.62. The molecule has 0 aliphatic heterocycles. The van der Waals surface area contributed by atoms with Gasteiger partial charge in [-0.2, -0.15) is 5.26 Å². The summed E-state index contributed by atoms with van der Waals surface area (Å²) in [5, 5.41) is 12.5. The van der Waals surface area contributed by atoms with Crippen molar-refractivity contribution in [1.82, 2.24) is 14.1 Å². The first kappa shape index (κ1) is 18.7. The quantitative estimate of drug-likeness (QED) is 0.663. The van der Waals surface area contributed by atoms with Gasteiger partial charge in [-0.05, 0) is 44.2 Å². The zero-order valence-electron chi connectivity index (χ0n) is 15.1. The van der Waals surface area contributed by atoms with Crippen LogP contribution in [0.15, 0.2) is 46.3 Å². The number of carbonyl (C=O) groups excluding carboxylic acids is 1. The summed E-state index contributed by atoms with van der Waals surface area (Å²) < 4.78 is 3.40. The molecule has 0 bridgehead atoms. The molecule has 0 aliphatic rings. The highest BCUT2D eigenvalue weighted by atomic mass is 32.2. The Labute approximate surface area is 160 Å². The lowest BCUT2D eigenvalue weighted by molar-refractivity contribution is -0.113. The first-order chi connectivity index (χ1) is 13.1. The third-order valence-corrected chi connectivity index (χ3v) is 5.17. The topological polar surface area (TPSA) is 92.7 Å². The number of pyridine rings is 1. The van der Waals surface area contributed by atoms with Gasteiger partial charge in [0.05, 0.1) is 22.3 Å². The van der Waals surface area contributed by atoms with Gasteiger partial charge < -0.3 is 5.32 Å². The maximum atomic E-state index is 12.4. The minimum Gasteiger partial charge on any atom is -0.325 e. The fourth-order valence-electron chi connectivity index (χ4n) is 2.93. The molecule has 0 aliphatic carbocycles. The number of anilines is 1. The third-order valence-electron chi connectivity index (χ3n) is 4.17. The number of nitriles is 1. The minimum absolute atomic E-state index is 0.0479. The van der Waals surface area contributed by atoms with Gasteiger partial charge in [0.1, 0.15) is 11.1 Å². The molecule has 0 saturated heterocycles. The van der Waals surface area contributed by atoms with Crippen molar-refractivity contribution in [2.45, 2.75) is 32.0 Å². The summed E-state index contributed by atoms with van der Waals surface area (Å²) in [6.45, 7) is 5.01. The molecule has 3 aromatic rings. The van der Waals surface area contributed by atoms with Gasteiger partial charge in [-0.3, -0.25) is 13.9 Å². The average molecular weight is 381 g/mol. The van der Waals surface area contributed by atoms with Crippen LogP contribution in [0.4, 0.5) is 5.69 Å². The summed E-state index contributed by atoms with van der Waals surface area (Å²) in [4.78, 5) is 28.8. The number of hydrogen-bond acceptors (Lipinski definition) is 5. The third kappa shape index (κ3) is 3.73. The fourth-order valence-corrected chi connectivity index (χ4v) is 3.68. The second-order valence-corrected chi connectivity index (χ2v) is 6.74. The van der Waals surface area contributed by atoms with Crippen molar-refractivity contribution in [2.24, 2.45) is 0 Å². The van der Waals surface area contributed by atoms with Gasteiger partial charge in [-0.25, -0.2) is 9.78 Å². The maximum absolute atomic E-state index is 12.4. The van der Waals surface area contributed by atoms with Crippen LogP contribution in [0.3, 0.4) is 0 Å². The average Bonchev–Trinajstić information content (AvgIpc) is 2.96. The van der Waals surface area contributed by atoms with E-state index >= 15 is 0 Å². The molecule has 1 N–H and O–H groups in total. The van der Waals surface area contributed by atoms with Gasteiger partial charge in [0.25, 0.3) is 0 Å². The molecular formula is C19H19N5O2S. The Hall–Kier alpha value is -3.05. The first-order valence-corrected chi connectivity index (χ1v) is 9.58. The summed E-state index contributed by atoms with van der Waals surface area (Å²) in [7, 11) is 0. The Morgan fingerprint density at radius 1 is 1.22 bits per heavy atom. The van der Waals surface area contributed by atoms with Crippen LogP contribution in [0.25, 0.3) is 11.0 Å². The molecule has 0 saturated carbocycles. The lowest BCUT2D eigenvalue weighted by Gasteiger charge is -2.07. The van der Waals surface area contributed by atoms with Crippen LogP contribution < -0.4 is 11.0 Å². The molecule has 2 heterocycles. The molecule has 1 aromatic carbocycles. The van der Waals surface area contributed by atoms with Crippen molar-refractivity contribution in [3.8, 4) is 6.07 Å². The lowest BCUT2D eigenvalue weighted by Crippen LogP contribution is -2.23. The minimum atomic E-state index is -0.200. The normalized spacial score (nSPS) is 10.7. The number of carbonyl (C=O) groups is 1. The second kappa shape index (κ2) is 8.10. The van der Waals surface area contributed by atoms with E-state index in [-0.39, 0.29) is 17.3 Å². The zero-order chi connectivity index (χ0) is 19.4. The number of hydrogen-bond donors (Lipinski definition) is 1. The molecule has 0 unspecified atom stereocenters. The highest BCUT2D eigenvalue weighted by molar-refractivity contribution is 8.00. The van der Waals surface area contributed by atoms with E-state index in [1.54, 1.807) is 33.5 Å². The van der Waals surface area contributed by atoms with Crippen LogP contribution in [0, 0.1) is 11.3 Å². The van der Waals surface area contributed by atoms with Crippen molar-refractivity contribution < 1.29 is 4.79 Å². The Bertz CT molecular complexity index is 1090. The van der Waals surface area contributed by atoms with E-state index in [9.17, 15) is 9.59 Å². The van der Waals surface area contributed by atoms with E-state index in [2.05, 4.69) is 16.4 Å². The van der Waals surface area contributed by atoms with E-state index in [0.29, 0.717) is 29.4 Å². The van der Waals surface area contributed by atoms with Gasteiger partial charge in [-0.1, -0.05) is 11.8 Å². The summed E-state index contributed by atoms with van der Waals surface area (Å²) in [5.41, 5.74) is 2.68. The Morgan fingerprint density at radius 3 is 2.67 bits per heavy atom. The number of aryl methyl sites for hydroxylation is 2. The molecule has 0 spiro atoms. The molecule has 0 radical (unpaired) electrons. The maximum Gasteiger partial charge on any atom is 0.329 e. The van der Waals surface area contributed by atoms with E-state index < -0.39 is 0 Å². The molecule has 1 amide bonds. The number of nitrogens with one attached hydrogen (secondary N) is 1. The number of amides is 1. The number of nitrogens with zero attached hydrogens (tertiary/aromatic N) is 4. The van der Waals surface area contributed by atoms with Crippen LogP contribution in [-0.4, -0.2) is 25.8 Å². The fraction of sp³-hybridized carbons (Fsp3) is 0.263. The molecule has 0 atom stereocenters. The Morgan fingerprint density at radius 2 is 1.96 bits per heavy atom.